The Balaban J connectivity index is 0.00000240. The number of halogens is 1. The Morgan fingerprint density at radius 1 is 1.24 bits per heavy atom. The number of pyridine rings is 1. The topological polar surface area (TPSA) is 68.2 Å². The molecular formula is C21H27IN4O3. The lowest BCUT2D eigenvalue weighted by molar-refractivity contribution is 0.205. The number of ether oxygens (including phenoxy) is 3. The molecule has 1 fully saturated rings. The molecule has 7 nitrogen and oxygen atoms in total. The molecule has 2 aromatic rings. The summed E-state index contributed by atoms with van der Waals surface area (Å²) >= 11 is 0. The van der Waals surface area contributed by atoms with E-state index >= 15 is 0 Å². The molecule has 2 aliphatic heterocycles. The third-order valence-electron chi connectivity index (χ3n) is 4.87. The van der Waals surface area contributed by atoms with Gasteiger partial charge in [0.15, 0.2) is 17.5 Å². The molecule has 0 saturated carbocycles. The van der Waals surface area contributed by atoms with Crippen molar-refractivity contribution in [2.45, 2.75) is 25.5 Å². The molecule has 0 amide bonds. The lowest BCUT2D eigenvalue weighted by Gasteiger charge is -2.22. The van der Waals surface area contributed by atoms with E-state index in [-0.39, 0.29) is 30.1 Å². The van der Waals surface area contributed by atoms with Crippen LogP contribution in [0.15, 0.2) is 47.6 Å². The molecule has 156 valence electrons. The van der Waals surface area contributed by atoms with Gasteiger partial charge in [0.25, 0.3) is 0 Å². The zero-order valence-corrected chi connectivity index (χ0v) is 18.9. The van der Waals surface area contributed by atoms with Crippen LogP contribution in [0.3, 0.4) is 0 Å². The fraction of sp³-hybridized carbons (Fsp3) is 0.429. The van der Waals surface area contributed by atoms with Gasteiger partial charge in [0.1, 0.15) is 6.10 Å². The average molecular weight is 510 g/mol. The first-order valence-corrected chi connectivity index (χ1v) is 9.74. The summed E-state index contributed by atoms with van der Waals surface area (Å²) in [7, 11) is 1.81. The highest BCUT2D eigenvalue weighted by Gasteiger charge is 2.27. The van der Waals surface area contributed by atoms with Crippen molar-refractivity contribution in [3.63, 3.8) is 0 Å². The van der Waals surface area contributed by atoms with Crippen LogP contribution < -0.4 is 19.5 Å². The third kappa shape index (κ3) is 5.43. The van der Waals surface area contributed by atoms with Crippen molar-refractivity contribution in [1.29, 1.82) is 0 Å². The Morgan fingerprint density at radius 2 is 2.14 bits per heavy atom. The number of hydrogen-bond donors (Lipinski definition) is 1. The summed E-state index contributed by atoms with van der Waals surface area (Å²) in [6.07, 6.45) is 3.69. The molecule has 8 heteroatoms. The minimum atomic E-state index is 0. The van der Waals surface area contributed by atoms with Gasteiger partial charge in [0, 0.05) is 50.8 Å². The van der Waals surface area contributed by atoms with E-state index in [0.717, 1.165) is 49.0 Å². The predicted molar refractivity (Wildman–Crippen MR) is 123 cm³/mol. The fourth-order valence-electron chi connectivity index (χ4n) is 3.50. The Morgan fingerprint density at radius 3 is 2.97 bits per heavy atom. The quantitative estimate of drug-likeness (QED) is 0.388. The zero-order valence-electron chi connectivity index (χ0n) is 16.5. The number of hydrogen-bond acceptors (Lipinski definition) is 5. The summed E-state index contributed by atoms with van der Waals surface area (Å²) in [6, 6.07) is 11.7. The van der Waals surface area contributed by atoms with Gasteiger partial charge in [-0.3, -0.25) is 4.99 Å². The first kappa shape index (κ1) is 21.5. The van der Waals surface area contributed by atoms with Gasteiger partial charge in [-0.2, -0.15) is 0 Å². The summed E-state index contributed by atoms with van der Waals surface area (Å²) in [5.41, 5.74) is 1.07. The minimum absolute atomic E-state index is 0. The van der Waals surface area contributed by atoms with Crippen LogP contribution in [0.4, 0.5) is 0 Å². The zero-order chi connectivity index (χ0) is 19.2. The molecule has 1 aromatic heterocycles. The van der Waals surface area contributed by atoms with Crippen molar-refractivity contribution in [1.82, 2.24) is 15.2 Å². The molecule has 1 unspecified atom stereocenters. The second kappa shape index (κ2) is 10.5. The number of fused-ring (bicyclic) bond motifs is 1. The summed E-state index contributed by atoms with van der Waals surface area (Å²) in [5, 5.41) is 3.45. The molecule has 0 bridgehead atoms. The number of benzene rings is 1. The Labute approximate surface area is 188 Å². The number of aromatic nitrogens is 1. The second-order valence-corrected chi connectivity index (χ2v) is 6.84. The van der Waals surface area contributed by atoms with E-state index in [0.29, 0.717) is 25.6 Å². The van der Waals surface area contributed by atoms with Crippen LogP contribution in [-0.4, -0.2) is 55.3 Å². The highest BCUT2D eigenvalue weighted by Crippen LogP contribution is 2.33. The molecule has 29 heavy (non-hydrogen) atoms. The van der Waals surface area contributed by atoms with Gasteiger partial charge in [-0.05, 0) is 12.1 Å². The largest absolute Gasteiger partial charge is 0.490 e. The Hall–Kier alpha value is -2.23. The number of rotatable bonds is 4. The summed E-state index contributed by atoms with van der Waals surface area (Å²) in [5.74, 6) is 3.18. The van der Waals surface area contributed by atoms with Crippen molar-refractivity contribution in [3.05, 3.63) is 48.2 Å². The maximum absolute atomic E-state index is 5.98. The predicted octanol–water partition coefficient (Wildman–Crippen LogP) is 3.09. The third-order valence-corrected chi connectivity index (χ3v) is 4.87. The normalized spacial score (nSPS) is 18.6. The van der Waals surface area contributed by atoms with Crippen molar-refractivity contribution in [2.75, 3.05) is 33.4 Å². The molecule has 0 radical (unpaired) electrons. The van der Waals surface area contributed by atoms with Crippen LogP contribution in [-0.2, 0) is 6.54 Å². The number of likely N-dealkylation sites (tertiary alicyclic amines) is 1. The molecule has 0 spiro atoms. The van der Waals surface area contributed by atoms with Crippen LogP contribution >= 0.6 is 24.0 Å². The van der Waals surface area contributed by atoms with Crippen LogP contribution in [0.1, 0.15) is 18.4 Å². The number of nitrogens with one attached hydrogen (secondary N) is 1. The summed E-state index contributed by atoms with van der Waals surface area (Å²) in [4.78, 5) is 10.9. The number of nitrogens with zero attached hydrogens (tertiary/aromatic N) is 3. The Bertz CT molecular complexity index is 819. The maximum Gasteiger partial charge on any atom is 0.213 e. The van der Waals surface area contributed by atoms with Crippen molar-refractivity contribution in [2.24, 2.45) is 4.99 Å². The number of aliphatic imine (C=N–C) groups is 1. The monoisotopic (exact) mass is 510 g/mol. The number of guanidine groups is 1. The van der Waals surface area contributed by atoms with E-state index in [9.17, 15) is 0 Å². The molecule has 4 rings (SSSR count). The first-order chi connectivity index (χ1) is 13.8. The van der Waals surface area contributed by atoms with Crippen LogP contribution in [0.25, 0.3) is 0 Å². The van der Waals surface area contributed by atoms with Crippen molar-refractivity contribution >= 4 is 29.9 Å². The van der Waals surface area contributed by atoms with Crippen LogP contribution in [0.5, 0.6) is 17.4 Å². The fourth-order valence-corrected chi connectivity index (χ4v) is 3.50. The summed E-state index contributed by atoms with van der Waals surface area (Å²) < 4.78 is 17.7. The van der Waals surface area contributed by atoms with Gasteiger partial charge in [-0.25, -0.2) is 4.98 Å². The van der Waals surface area contributed by atoms with Crippen molar-refractivity contribution < 1.29 is 14.2 Å². The molecule has 3 heterocycles. The van der Waals surface area contributed by atoms with Gasteiger partial charge < -0.3 is 24.4 Å². The lowest BCUT2D eigenvalue weighted by atomic mass is 10.2. The van der Waals surface area contributed by atoms with Crippen LogP contribution in [0, 0.1) is 0 Å². The van der Waals surface area contributed by atoms with Gasteiger partial charge >= 0.3 is 0 Å². The summed E-state index contributed by atoms with van der Waals surface area (Å²) in [6.45, 7) is 3.67. The van der Waals surface area contributed by atoms with E-state index < -0.39 is 0 Å². The smallest absolute Gasteiger partial charge is 0.213 e. The second-order valence-electron chi connectivity index (χ2n) is 6.84. The molecular weight excluding hydrogens is 483 g/mol. The SMILES string of the molecule is CN=C(NCc1cccc2c1OCCCO2)N1CCC(Oc2ccccn2)C1.I. The van der Waals surface area contributed by atoms with E-state index in [4.69, 9.17) is 14.2 Å². The molecule has 1 atom stereocenters. The molecule has 2 aliphatic rings. The number of para-hydroxylation sites is 1. The molecule has 1 aromatic carbocycles. The van der Waals surface area contributed by atoms with Gasteiger partial charge in [-0.15, -0.1) is 24.0 Å². The standard InChI is InChI=1S/C21H26N4O3.HI/c1-22-21(25-11-9-17(15-25)28-19-8-2-3-10-23-19)24-14-16-6-4-7-18-20(16)27-13-5-12-26-18;/h2-4,6-8,10,17H,5,9,11-15H2,1H3,(H,22,24);1H. The van der Waals surface area contributed by atoms with E-state index in [1.165, 1.54) is 0 Å². The highest BCUT2D eigenvalue weighted by atomic mass is 127. The highest BCUT2D eigenvalue weighted by molar-refractivity contribution is 14.0. The minimum Gasteiger partial charge on any atom is -0.490 e. The molecule has 0 aliphatic carbocycles. The van der Waals surface area contributed by atoms with E-state index in [1.54, 1.807) is 13.2 Å². The lowest BCUT2D eigenvalue weighted by Crippen LogP contribution is -2.40. The van der Waals surface area contributed by atoms with E-state index in [2.05, 4.69) is 26.3 Å². The molecule has 1 N–H and O–H groups in total. The van der Waals surface area contributed by atoms with Crippen molar-refractivity contribution in [3.8, 4) is 17.4 Å². The van der Waals surface area contributed by atoms with Crippen LogP contribution in [0.2, 0.25) is 0 Å². The maximum atomic E-state index is 5.98. The van der Waals surface area contributed by atoms with E-state index in [1.807, 2.05) is 30.3 Å². The average Bonchev–Trinajstić information content (AvgIpc) is 3.04. The molecule has 1 saturated heterocycles. The van der Waals surface area contributed by atoms with Gasteiger partial charge in [0.05, 0.1) is 19.8 Å². The Kier molecular flexibility index (Phi) is 7.79. The van der Waals surface area contributed by atoms with Gasteiger partial charge in [-0.1, -0.05) is 18.2 Å². The first-order valence-electron chi connectivity index (χ1n) is 9.74. The van der Waals surface area contributed by atoms with Gasteiger partial charge in [0.2, 0.25) is 5.88 Å².